The minimum Gasteiger partial charge on any atom is -0.372 e. The standard InChI is InChI=1S/C19H23FN4/c1-4-16-15(11-24-21)9-14(10-18(16)23-12-22-5-2)19-13(3)7-6-8-17(19)20/h4,6-11,22-23H,1,5,12,21H2,2-3H3/b24-11-. The zero-order valence-electron chi connectivity index (χ0n) is 14.1. The van der Waals surface area contributed by atoms with Crippen LogP contribution in [0.3, 0.4) is 0 Å². The van der Waals surface area contributed by atoms with Gasteiger partial charge in [-0.3, -0.25) is 0 Å². The van der Waals surface area contributed by atoms with Crippen molar-refractivity contribution in [1.82, 2.24) is 5.32 Å². The summed E-state index contributed by atoms with van der Waals surface area (Å²) in [6, 6.07) is 8.86. The van der Waals surface area contributed by atoms with Gasteiger partial charge in [0.05, 0.1) is 12.9 Å². The molecule has 4 nitrogen and oxygen atoms in total. The van der Waals surface area contributed by atoms with Crippen LogP contribution in [0.1, 0.15) is 23.6 Å². The van der Waals surface area contributed by atoms with Crippen molar-refractivity contribution < 1.29 is 4.39 Å². The number of anilines is 1. The predicted octanol–water partition coefficient (Wildman–Crippen LogP) is 3.72. The van der Waals surface area contributed by atoms with Crippen molar-refractivity contribution in [3.8, 4) is 11.1 Å². The Hall–Kier alpha value is -2.66. The molecule has 24 heavy (non-hydrogen) atoms. The lowest BCUT2D eigenvalue weighted by Gasteiger charge is -2.16. The Morgan fingerprint density at radius 1 is 1.33 bits per heavy atom. The molecule has 0 aliphatic carbocycles. The third kappa shape index (κ3) is 3.81. The molecular formula is C19H23FN4. The summed E-state index contributed by atoms with van der Waals surface area (Å²) in [5, 5.41) is 10.1. The number of nitrogens with one attached hydrogen (secondary N) is 2. The molecule has 2 aromatic carbocycles. The topological polar surface area (TPSA) is 62.4 Å². The van der Waals surface area contributed by atoms with E-state index >= 15 is 0 Å². The maximum absolute atomic E-state index is 14.4. The number of nitrogens with zero attached hydrogens (tertiary/aromatic N) is 1. The fraction of sp³-hybridized carbons (Fsp3) is 0.211. The fourth-order valence-electron chi connectivity index (χ4n) is 2.66. The molecule has 0 spiro atoms. The largest absolute Gasteiger partial charge is 0.372 e. The molecule has 5 heteroatoms. The minimum atomic E-state index is -0.255. The summed E-state index contributed by atoms with van der Waals surface area (Å²) in [5.41, 5.74) is 4.72. The first kappa shape index (κ1) is 17.7. The van der Waals surface area contributed by atoms with Crippen molar-refractivity contribution in [1.29, 1.82) is 0 Å². The van der Waals surface area contributed by atoms with Crippen LogP contribution >= 0.6 is 0 Å². The van der Waals surface area contributed by atoms with Gasteiger partial charge in [0.2, 0.25) is 0 Å². The summed E-state index contributed by atoms with van der Waals surface area (Å²) in [6.45, 7) is 9.22. The molecule has 0 bridgehead atoms. The molecule has 0 aromatic heterocycles. The van der Waals surface area contributed by atoms with Gasteiger partial charge in [-0.1, -0.05) is 31.7 Å². The van der Waals surface area contributed by atoms with E-state index in [0.29, 0.717) is 12.2 Å². The maximum Gasteiger partial charge on any atom is 0.131 e. The highest BCUT2D eigenvalue weighted by Crippen LogP contribution is 2.32. The van der Waals surface area contributed by atoms with Crippen LogP contribution in [0.2, 0.25) is 0 Å². The molecule has 0 atom stereocenters. The van der Waals surface area contributed by atoms with Gasteiger partial charge in [0.25, 0.3) is 0 Å². The lowest BCUT2D eigenvalue weighted by Crippen LogP contribution is -2.21. The molecule has 0 unspecified atom stereocenters. The van der Waals surface area contributed by atoms with Crippen molar-refractivity contribution in [2.75, 3.05) is 18.5 Å². The van der Waals surface area contributed by atoms with E-state index in [1.807, 2.05) is 32.0 Å². The van der Waals surface area contributed by atoms with Crippen LogP contribution in [0.15, 0.2) is 42.0 Å². The van der Waals surface area contributed by atoms with Crippen LogP contribution in [-0.2, 0) is 0 Å². The molecule has 0 saturated heterocycles. The number of benzene rings is 2. The van der Waals surface area contributed by atoms with Gasteiger partial charge in [0, 0.05) is 22.4 Å². The highest BCUT2D eigenvalue weighted by Gasteiger charge is 2.13. The van der Waals surface area contributed by atoms with Crippen LogP contribution in [0.5, 0.6) is 0 Å². The Morgan fingerprint density at radius 3 is 2.75 bits per heavy atom. The SMILES string of the molecule is C=Cc1c(/C=N\N)cc(-c2c(C)cccc2F)cc1NCNCC. The van der Waals surface area contributed by atoms with Crippen molar-refractivity contribution in [2.45, 2.75) is 13.8 Å². The molecule has 2 rings (SSSR count). The van der Waals surface area contributed by atoms with Crippen molar-refractivity contribution in [3.05, 3.63) is 59.4 Å². The summed E-state index contributed by atoms with van der Waals surface area (Å²) in [7, 11) is 0. The summed E-state index contributed by atoms with van der Waals surface area (Å²) in [4.78, 5) is 0. The van der Waals surface area contributed by atoms with Gasteiger partial charge in [-0.25, -0.2) is 4.39 Å². The highest BCUT2D eigenvalue weighted by molar-refractivity contribution is 5.92. The lowest BCUT2D eigenvalue weighted by molar-refractivity contribution is 0.630. The first-order chi connectivity index (χ1) is 11.6. The normalized spacial score (nSPS) is 11.0. The van der Waals surface area contributed by atoms with Gasteiger partial charge in [-0.05, 0) is 42.8 Å². The number of hydrazone groups is 1. The van der Waals surface area contributed by atoms with E-state index in [1.165, 1.54) is 6.07 Å². The summed E-state index contributed by atoms with van der Waals surface area (Å²) >= 11 is 0. The predicted molar refractivity (Wildman–Crippen MR) is 101 cm³/mol. The molecule has 0 heterocycles. The Morgan fingerprint density at radius 2 is 2.12 bits per heavy atom. The van der Waals surface area contributed by atoms with Gasteiger partial charge in [0.1, 0.15) is 5.82 Å². The van der Waals surface area contributed by atoms with Gasteiger partial charge in [-0.15, -0.1) is 0 Å². The van der Waals surface area contributed by atoms with E-state index in [0.717, 1.165) is 34.5 Å². The number of hydrogen-bond acceptors (Lipinski definition) is 4. The molecule has 0 aliphatic heterocycles. The smallest absolute Gasteiger partial charge is 0.131 e. The molecule has 0 aliphatic rings. The average molecular weight is 326 g/mol. The van der Waals surface area contributed by atoms with Crippen molar-refractivity contribution >= 4 is 18.0 Å². The highest BCUT2D eigenvalue weighted by atomic mass is 19.1. The van der Waals surface area contributed by atoms with Gasteiger partial charge >= 0.3 is 0 Å². The zero-order valence-corrected chi connectivity index (χ0v) is 14.1. The molecule has 4 N–H and O–H groups in total. The molecule has 0 radical (unpaired) electrons. The summed E-state index contributed by atoms with van der Waals surface area (Å²) in [5.74, 6) is 5.08. The second-order valence-electron chi connectivity index (χ2n) is 5.40. The second kappa shape index (κ2) is 8.26. The van der Waals surface area contributed by atoms with E-state index < -0.39 is 0 Å². The third-order valence-electron chi connectivity index (χ3n) is 3.79. The quantitative estimate of drug-likeness (QED) is 0.239. The van der Waals surface area contributed by atoms with E-state index in [-0.39, 0.29) is 5.82 Å². The lowest BCUT2D eigenvalue weighted by atomic mass is 9.94. The molecule has 126 valence electrons. The van der Waals surface area contributed by atoms with Gasteiger partial charge < -0.3 is 16.5 Å². The van der Waals surface area contributed by atoms with E-state index in [4.69, 9.17) is 5.84 Å². The first-order valence-electron chi connectivity index (χ1n) is 7.86. The molecule has 0 saturated carbocycles. The van der Waals surface area contributed by atoms with Crippen LogP contribution in [0.4, 0.5) is 10.1 Å². The second-order valence-corrected chi connectivity index (χ2v) is 5.40. The van der Waals surface area contributed by atoms with Crippen LogP contribution in [0.25, 0.3) is 17.2 Å². The molecular weight excluding hydrogens is 303 g/mol. The van der Waals surface area contributed by atoms with Crippen molar-refractivity contribution in [3.63, 3.8) is 0 Å². The average Bonchev–Trinajstić information content (AvgIpc) is 2.55. The number of rotatable bonds is 7. The van der Waals surface area contributed by atoms with Crippen LogP contribution in [0, 0.1) is 12.7 Å². The molecule has 2 aromatic rings. The third-order valence-corrected chi connectivity index (χ3v) is 3.79. The molecule has 0 amide bonds. The number of aryl methyl sites for hydroxylation is 1. The maximum atomic E-state index is 14.4. The first-order valence-corrected chi connectivity index (χ1v) is 7.86. The Balaban J connectivity index is 2.62. The van der Waals surface area contributed by atoms with Crippen LogP contribution in [-0.4, -0.2) is 19.4 Å². The zero-order chi connectivity index (χ0) is 17.5. The number of halogens is 1. The molecule has 0 fully saturated rings. The number of hydrogen-bond donors (Lipinski definition) is 3. The Bertz CT molecular complexity index is 733. The summed E-state index contributed by atoms with van der Waals surface area (Å²) < 4.78 is 14.4. The Kier molecular flexibility index (Phi) is 6.09. The van der Waals surface area contributed by atoms with E-state index in [2.05, 4.69) is 22.3 Å². The summed E-state index contributed by atoms with van der Waals surface area (Å²) in [6.07, 6.45) is 3.29. The minimum absolute atomic E-state index is 0.255. The van der Waals surface area contributed by atoms with Gasteiger partial charge in [0.15, 0.2) is 0 Å². The van der Waals surface area contributed by atoms with Crippen LogP contribution < -0.4 is 16.5 Å². The van der Waals surface area contributed by atoms with Crippen molar-refractivity contribution in [2.24, 2.45) is 10.9 Å². The monoisotopic (exact) mass is 326 g/mol. The van der Waals surface area contributed by atoms with E-state index in [9.17, 15) is 4.39 Å². The van der Waals surface area contributed by atoms with E-state index in [1.54, 1.807) is 18.4 Å². The van der Waals surface area contributed by atoms with Gasteiger partial charge in [-0.2, -0.15) is 5.10 Å². The Labute approximate surface area is 142 Å². The number of nitrogens with two attached hydrogens (primary N) is 1. The fourth-order valence-corrected chi connectivity index (χ4v) is 2.66.